The molecule has 0 aliphatic heterocycles. The molecule has 0 amide bonds. The fraction of sp³-hybridized carbons (Fsp3) is 0.400. The Kier molecular flexibility index (Phi) is 3.28. The van der Waals surface area contributed by atoms with E-state index in [2.05, 4.69) is 15.3 Å². The van der Waals surface area contributed by atoms with Gasteiger partial charge in [0.05, 0.1) is 4.99 Å². The Bertz CT molecular complexity index is 633. The van der Waals surface area contributed by atoms with E-state index in [-0.39, 0.29) is 11.6 Å². The smallest absolute Gasteiger partial charge is 0.364 e. The lowest BCUT2D eigenvalue weighted by Gasteiger charge is -2.21. The highest BCUT2D eigenvalue weighted by Crippen LogP contribution is 2.10. The van der Waals surface area contributed by atoms with Crippen molar-refractivity contribution < 1.29 is 0 Å². The SMILES string of the molecule is CC(CN(C)c1ccc2n[nH]c(=O)n2n1)C(N)=S. The molecule has 0 radical (unpaired) electrons. The van der Waals surface area contributed by atoms with Crippen molar-refractivity contribution in [3.8, 4) is 0 Å². The number of H-pyrrole nitrogens is 1. The zero-order valence-electron chi connectivity index (χ0n) is 10.1. The van der Waals surface area contributed by atoms with Crippen LogP contribution in [0.15, 0.2) is 16.9 Å². The number of aromatic amines is 1. The number of thiocarbonyl (C=S) groups is 1. The number of anilines is 1. The lowest BCUT2D eigenvalue weighted by Crippen LogP contribution is -2.32. The van der Waals surface area contributed by atoms with E-state index in [9.17, 15) is 4.79 Å². The Morgan fingerprint density at radius 3 is 3.06 bits per heavy atom. The number of hydrogen-bond acceptors (Lipinski definition) is 5. The quantitative estimate of drug-likeness (QED) is 0.743. The van der Waals surface area contributed by atoms with E-state index in [1.165, 1.54) is 4.52 Å². The van der Waals surface area contributed by atoms with Gasteiger partial charge >= 0.3 is 5.69 Å². The van der Waals surface area contributed by atoms with Gasteiger partial charge in [-0.2, -0.15) is 9.61 Å². The van der Waals surface area contributed by atoms with E-state index in [4.69, 9.17) is 18.0 Å². The minimum Gasteiger partial charge on any atom is -0.393 e. The first kappa shape index (κ1) is 12.5. The van der Waals surface area contributed by atoms with Gasteiger partial charge in [-0.15, -0.1) is 5.10 Å². The topological polar surface area (TPSA) is 92.3 Å². The van der Waals surface area contributed by atoms with Crippen molar-refractivity contribution in [2.45, 2.75) is 6.92 Å². The van der Waals surface area contributed by atoms with Gasteiger partial charge in [0.2, 0.25) is 0 Å². The second-order valence-corrected chi connectivity index (χ2v) is 4.65. The van der Waals surface area contributed by atoms with Gasteiger partial charge in [-0.25, -0.2) is 9.89 Å². The van der Waals surface area contributed by atoms with E-state index in [0.717, 1.165) is 0 Å². The van der Waals surface area contributed by atoms with Gasteiger partial charge < -0.3 is 10.6 Å². The van der Waals surface area contributed by atoms with E-state index < -0.39 is 0 Å². The molecule has 2 aromatic heterocycles. The van der Waals surface area contributed by atoms with Crippen LogP contribution in [0, 0.1) is 5.92 Å². The molecule has 0 aliphatic carbocycles. The van der Waals surface area contributed by atoms with Crippen LogP contribution in [-0.2, 0) is 0 Å². The summed E-state index contributed by atoms with van der Waals surface area (Å²) >= 11 is 4.93. The van der Waals surface area contributed by atoms with E-state index in [0.29, 0.717) is 23.0 Å². The lowest BCUT2D eigenvalue weighted by molar-refractivity contribution is 0.722. The summed E-state index contributed by atoms with van der Waals surface area (Å²) < 4.78 is 1.22. The Balaban J connectivity index is 2.27. The summed E-state index contributed by atoms with van der Waals surface area (Å²) in [6.07, 6.45) is 0. The van der Waals surface area contributed by atoms with Crippen LogP contribution < -0.4 is 16.3 Å². The van der Waals surface area contributed by atoms with Gasteiger partial charge in [0, 0.05) is 19.5 Å². The second kappa shape index (κ2) is 4.73. The molecule has 0 saturated carbocycles. The summed E-state index contributed by atoms with van der Waals surface area (Å²) in [5, 5.41) is 10.3. The fourth-order valence-corrected chi connectivity index (χ4v) is 1.67. The molecule has 2 aromatic rings. The molecule has 0 saturated heterocycles. The number of nitrogens with zero attached hydrogens (tertiary/aromatic N) is 4. The summed E-state index contributed by atoms with van der Waals surface area (Å²) in [6, 6.07) is 3.52. The maximum atomic E-state index is 11.4. The third-order valence-corrected chi connectivity index (χ3v) is 3.09. The summed E-state index contributed by atoms with van der Waals surface area (Å²) in [5.74, 6) is 0.734. The molecular formula is C10H14N6OS. The van der Waals surface area contributed by atoms with Crippen molar-refractivity contribution in [2.75, 3.05) is 18.5 Å². The molecule has 1 atom stereocenters. The van der Waals surface area contributed by atoms with Crippen LogP contribution in [0.3, 0.4) is 0 Å². The maximum Gasteiger partial charge on any atom is 0.364 e. The monoisotopic (exact) mass is 266 g/mol. The number of aromatic nitrogens is 4. The molecule has 1 unspecified atom stereocenters. The fourth-order valence-electron chi connectivity index (χ4n) is 1.59. The van der Waals surface area contributed by atoms with Crippen LogP contribution in [0.25, 0.3) is 5.65 Å². The zero-order valence-corrected chi connectivity index (χ0v) is 10.9. The molecule has 7 nitrogen and oxygen atoms in total. The highest BCUT2D eigenvalue weighted by molar-refractivity contribution is 7.80. The summed E-state index contributed by atoms with van der Waals surface area (Å²) in [4.78, 5) is 13.8. The van der Waals surface area contributed by atoms with Crippen LogP contribution >= 0.6 is 12.2 Å². The molecule has 8 heteroatoms. The second-order valence-electron chi connectivity index (χ2n) is 4.17. The number of hydrogen-bond donors (Lipinski definition) is 2. The molecule has 0 fully saturated rings. The predicted molar refractivity (Wildman–Crippen MR) is 72.8 cm³/mol. The molecule has 0 aliphatic rings. The van der Waals surface area contributed by atoms with E-state index in [1.54, 1.807) is 12.1 Å². The number of rotatable bonds is 4. The third-order valence-electron chi connectivity index (χ3n) is 2.68. The highest BCUT2D eigenvalue weighted by atomic mass is 32.1. The van der Waals surface area contributed by atoms with Crippen molar-refractivity contribution in [3.63, 3.8) is 0 Å². The largest absolute Gasteiger partial charge is 0.393 e. The van der Waals surface area contributed by atoms with E-state index in [1.807, 2.05) is 18.9 Å². The predicted octanol–water partition coefficient (Wildman–Crippen LogP) is -0.224. The third kappa shape index (κ3) is 2.33. The van der Waals surface area contributed by atoms with Crippen molar-refractivity contribution >= 4 is 28.7 Å². The maximum absolute atomic E-state index is 11.4. The Labute approximate surface area is 109 Å². The minimum absolute atomic E-state index is 0.0727. The Morgan fingerprint density at radius 2 is 2.39 bits per heavy atom. The number of nitrogens with one attached hydrogen (secondary N) is 1. The van der Waals surface area contributed by atoms with Gasteiger partial charge in [0.25, 0.3) is 0 Å². The van der Waals surface area contributed by atoms with Gasteiger partial charge in [-0.1, -0.05) is 19.1 Å². The molecule has 3 N–H and O–H groups in total. The highest BCUT2D eigenvalue weighted by Gasteiger charge is 2.12. The molecule has 0 bridgehead atoms. The van der Waals surface area contributed by atoms with Crippen LogP contribution in [0.5, 0.6) is 0 Å². The van der Waals surface area contributed by atoms with Gasteiger partial charge in [0.1, 0.15) is 5.82 Å². The van der Waals surface area contributed by atoms with Crippen molar-refractivity contribution in [3.05, 3.63) is 22.6 Å². The average molecular weight is 266 g/mol. The van der Waals surface area contributed by atoms with Crippen LogP contribution in [0.2, 0.25) is 0 Å². The zero-order chi connectivity index (χ0) is 13.3. The molecular weight excluding hydrogens is 252 g/mol. The van der Waals surface area contributed by atoms with Gasteiger partial charge in [-0.05, 0) is 12.1 Å². The van der Waals surface area contributed by atoms with Gasteiger partial charge in [-0.3, -0.25) is 0 Å². The summed E-state index contributed by atoms with van der Waals surface area (Å²) in [6.45, 7) is 2.59. The van der Waals surface area contributed by atoms with Crippen molar-refractivity contribution in [1.82, 2.24) is 19.8 Å². The lowest BCUT2D eigenvalue weighted by atomic mass is 10.2. The van der Waals surface area contributed by atoms with Gasteiger partial charge in [0.15, 0.2) is 5.65 Å². The molecule has 96 valence electrons. The molecule has 0 aromatic carbocycles. The van der Waals surface area contributed by atoms with Crippen LogP contribution in [-0.4, -0.2) is 38.4 Å². The van der Waals surface area contributed by atoms with Crippen molar-refractivity contribution in [1.29, 1.82) is 0 Å². The molecule has 0 spiro atoms. The summed E-state index contributed by atoms with van der Waals surface area (Å²) in [5.41, 5.74) is 5.70. The first-order valence-corrected chi connectivity index (χ1v) is 5.85. The number of nitrogens with two attached hydrogens (primary N) is 1. The number of fused-ring (bicyclic) bond motifs is 1. The first-order valence-electron chi connectivity index (χ1n) is 5.44. The molecule has 2 heterocycles. The minimum atomic E-state index is -0.359. The first-order chi connectivity index (χ1) is 8.49. The summed E-state index contributed by atoms with van der Waals surface area (Å²) in [7, 11) is 1.87. The van der Waals surface area contributed by atoms with Crippen molar-refractivity contribution in [2.24, 2.45) is 11.7 Å². The Morgan fingerprint density at radius 1 is 1.67 bits per heavy atom. The normalized spacial score (nSPS) is 12.6. The average Bonchev–Trinajstić information content (AvgIpc) is 2.70. The Hall–Kier alpha value is -1.96. The van der Waals surface area contributed by atoms with Crippen LogP contribution in [0.4, 0.5) is 5.82 Å². The molecule has 2 rings (SSSR count). The standard InChI is InChI=1S/C10H14N6OS/c1-6(9(11)18)5-15(2)8-4-3-7-12-13-10(17)16(7)14-8/h3-4,6H,5H2,1-2H3,(H2,11,18)(H,13,17). The van der Waals surface area contributed by atoms with E-state index >= 15 is 0 Å². The van der Waals surface area contributed by atoms with Crippen LogP contribution in [0.1, 0.15) is 6.92 Å². The molecule has 18 heavy (non-hydrogen) atoms.